The second-order valence-electron chi connectivity index (χ2n) is 11.1. The summed E-state index contributed by atoms with van der Waals surface area (Å²) in [6, 6.07) is 18.1. The molecule has 43 heavy (non-hydrogen) atoms. The molecule has 1 amide bonds. The Kier molecular flexibility index (Phi) is 7.83. The smallest absolute Gasteiger partial charge is 0.264 e. The molecule has 0 radical (unpaired) electrons. The van der Waals surface area contributed by atoms with Crippen LogP contribution in [-0.2, 0) is 24.2 Å². The van der Waals surface area contributed by atoms with Gasteiger partial charge in [-0.15, -0.1) is 21.5 Å². The SMILES string of the molecule is COc1ccc(N2CCN(C(=O)CCSc3nnc4n(Cc5ccccc5)c(=O)c5c6c(sc5n34)CCCC6)CC2)cc1. The molecule has 0 bridgehead atoms. The van der Waals surface area contributed by atoms with Crippen LogP contribution in [0.1, 0.15) is 35.3 Å². The van der Waals surface area contributed by atoms with Crippen molar-refractivity contribution in [3.05, 3.63) is 81.0 Å². The van der Waals surface area contributed by atoms with Gasteiger partial charge in [-0.2, -0.15) is 0 Å². The lowest BCUT2D eigenvalue weighted by atomic mass is 9.97. The van der Waals surface area contributed by atoms with Gasteiger partial charge in [-0.25, -0.2) is 4.40 Å². The third-order valence-corrected chi connectivity index (χ3v) is 10.7. The summed E-state index contributed by atoms with van der Waals surface area (Å²) in [5, 5.41) is 10.6. The van der Waals surface area contributed by atoms with Crippen molar-refractivity contribution in [3.63, 3.8) is 0 Å². The molecule has 1 fully saturated rings. The maximum absolute atomic E-state index is 13.9. The van der Waals surface area contributed by atoms with Crippen molar-refractivity contribution in [2.24, 2.45) is 0 Å². The Labute approximate surface area is 258 Å². The van der Waals surface area contributed by atoms with Gasteiger partial charge in [0.15, 0.2) is 5.16 Å². The monoisotopic (exact) mass is 614 g/mol. The summed E-state index contributed by atoms with van der Waals surface area (Å²) in [5.74, 6) is 2.16. The highest BCUT2D eigenvalue weighted by molar-refractivity contribution is 7.99. The van der Waals surface area contributed by atoms with Crippen LogP contribution in [0.2, 0.25) is 0 Å². The van der Waals surface area contributed by atoms with Gasteiger partial charge in [-0.05, 0) is 61.1 Å². The third kappa shape index (κ3) is 5.40. The number of anilines is 1. The molecule has 1 aliphatic heterocycles. The molecule has 9 nitrogen and oxygen atoms in total. The van der Waals surface area contributed by atoms with E-state index >= 15 is 0 Å². The van der Waals surface area contributed by atoms with Gasteiger partial charge in [0.05, 0.1) is 19.0 Å². The van der Waals surface area contributed by atoms with Gasteiger partial charge in [-0.1, -0.05) is 42.1 Å². The molecule has 5 aromatic rings. The molecule has 1 saturated heterocycles. The average Bonchev–Trinajstić information content (AvgIpc) is 3.65. The number of ether oxygens (including phenoxy) is 1. The van der Waals surface area contributed by atoms with Crippen molar-refractivity contribution in [1.29, 1.82) is 0 Å². The van der Waals surface area contributed by atoms with Crippen LogP contribution in [0.5, 0.6) is 5.75 Å². The van der Waals surface area contributed by atoms with Crippen LogP contribution in [0.3, 0.4) is 0 Å². The quantitative estimate of drug-likeness (QED) is 0.231. The maximum Gasteiger partial charge on any atom is 0.264 e. The molecule has 0 saturated carbocycles. The van der Waals surface area contributed by atoms with Crippen LogP contribution in [0.4, 0.5) is 5.69 Å². The number of fused-ring (bicyclic) bond motifs is 5. The molecule has 0 atom stereocenters. The number of rotatable bonds is 8. The minimum atomic E-state index is 0.0127. The Hall–Kier alpha value is -3.83. The number of aromatic nitrogens is 4. The normalized spacial score (nSPS) is 15.3. The molecule has 0 unspecified atom stereocenters. The van der Waals surface area contributed by atoms with Gasteiger partial charge >= 0.3 is 0 Å². The fourth-order valence-electron chi connectivity index (χ4n) is 6.17. The highest BCUT2D eigenvalue weighted by Crippen LogP contribution is 2.36. The van der Waals surface area contributed by atoms with E-state index in [1.165, 1.54) is 10.4 Å². The zero-order valence-electron chi connectivity index (χ0n) is 24.2. The van der Waals surface area contributed by atoms with E-state index < -0.39 is 0 Å². The number of nitrogens with zero attached hydrogens (tertiary/aromatic N) is 6. The van der Waals surface area contributed by atoms with Gasteiger partial charge in [0.1, 0.15) is 10.6 Å². The first-order valence-electron chi connectivity index (χ1n) is 14.9. The predicted octanol–water partition coefficient (Wildman–Crippen LogP) is 4.87. The molecular weight excluding hydrogens is 581 g/mol. The Bertz CT molecular complexity index is 1820. The molecule has 11 heteroatoms. The number of amides is 1. The Morgan fingerprint density at radius 2 is 1.74 bits per heavy atom. The standard InChI is InChI=1S/C32H34N6O3S2/c1-41-24-13-11-23(12-14-24)35-16-18-36(19-17-35)27(39)15-20-42-32-34-33-31-37(21-22-7-3-2-4-8-22)29(40)28-25-9-5-6-10-26(25)43-30(28)38(31)32/h2-4,7-8,11-14H,5-6,9-10,15-21H2,1H3. The van der Waals surface area contributed by atoms with Crippen LogP contribution < -0.4 is 15.2 Å². The van der Waals surface area contributed by atoms with Crippen LogP contribution in [-0.4, -0.2) is 69.0 Å². The van der Waals surface area contributed by atoms with E-state index in [0.717, 1.165) is 71.1 Å². The van der Waals surface area contributed by atoms with Gasteiger partial charge < -0.3 is 14.5 Å². The minimum Gasteiger partial charge on any atom is -0.497 e. The molecule has 222 valence electrons. The predicted molar refractivity (Wildman–Crippen MR) is 172 cm³/mol. The van der Waals surface area contributed by atoms with Crippen molar-refractivity contribution in [2.45, 2.75) is 43.8 Å². The molecule has 4 heterocycles. The largest absolute Gasteiger partial charge is 0.497 e. The van der Waals surface area contributed by atoms with Crippen LogP contribution in [0.15, 0.2) is 64.5 Å². The van der Waals surface area contributed by atoms with E-state index in [-0.39, 0.29) is 11.5 Å². The second-order valence-corrected chi connectivity index (χ2v) is 13.2. The molecule has 2 aliphatic rings. The van der Waals surface area contributed by atoms with Crippen molar-refractivity contribution < 1.29 is 9.53 Å². The number of aryl methyl sites for hydroxylation is 2. The number of carbonyl (C=O) groups excluding carboxylic acids is 1. The van der Waals surface area contributed by atoms with Crippen LogP contribution in [0, 0.1) is 0 Å². The number of piperazine rings is 1. The number of carbonyl (C=O) groups is 1. The number of thioether (sulfide) groups is 1. The van der Waals surface area contributed by atoms with E-state index in [2.05, 4.69) is 31.6 Å². The number of methoxy groups -OCH3 is 1. The summed E-state index contributed by atoms with van der Waals surface area (Å²) in [6.45, 7) is 3.46. The first-order chi connectivity index (χ1) is 21.1. The summed E-state index contributed by atoms with van der Waals surface area (Å²) < 4.78 is 9.10. The number of benzene rings is 2. The number of thiophene rings is 1. The van der Waals surface area contributed by atoms with E-state index in [9.17, 15) is 9.59 Å². The van der Waals surface area contributed by atoms with Gasteiger partial charge in [-0.3, -0.25) is 14.2 Å². The zero-order valence-corrected chi connectivity index (χ0v) is 25.8. The minimum absolute atomic E-state index is 0.0127. The fourth-order valence-corrected chi connectivity index (χ4v) is 8.46. The molecule has 2 aromatic carbocycles. The lowest BCUT2D eigenvalue weighted by Gasteiger charge is -2.36. The lowest BCUT2D eigenvalue weighted by molar-refractivity contribution is -0.131. The second kappa shape index (κ2) is 12.0. The topological polar surface area (TPSA) is 85.0 Å². The maximum atomic E-state index is 13.9. The van der Waals surface area contributed by atoms with Crippen molar-refractivity contribution in [1.82, 2.24) is 24.1 Å². The van der Waals surface area contributed by atoms with Gasteiger partial charge in [0, 0.05) is 48.9 Å². The van der Waals surface area contributed by atoms with Crippen molar-refractivity contribution >= 4 is 50.7 Å². The van der Waals surface area contributed by atoms with E-state index in [0.29, 0.717) is 37.6 Å². The first kappa shape index (κ1) is 28.0. The molecular formula is C32H34N6O3S2. The third-order valence-electron chi connectivity index (χ3n) is 8.47. The summed E-state index contributed by atoms with van der Waals surface area (Å²) in [7, 11) is 1.67. The number of hydrogen-bond donors (Lipinski definition) is 0. The summed E-state index contributed by atoms with van der Waals surface area (Å²) >= 11 is 3.25. The Morgan fingerprint density at radius 3 is 2.51 bits per heavy atom. The van der Waals surface area contributed by atoms with E-state index in [1.54, 1.807) is 34.8 Å². The highest BCUT2D eigenvalue weighted by atomic mass is 32.2. The summed E-state index contributed by atoms with van der Waals surface area (Å²) in [4.78, 5) is 33.6. The average molecular weight is 615 g/mol. The molecule has 0 spiro atoms. The molecule has 1 aliphatic carbocycles. The van der Waals surface area contributed by atoms with Gasteiger partial charge in [0.25, 0.3) is 5.56 Å². The van der Waals surface area contributed by atoms with Crippen molar-refractivity contribution in [2.75, 3.05) is 43.9 Å². The van der Waals surface area contributed by atoms with Crippen LogP contribution >= 0.6 is 23.1 Å². The summed E-state index contributed by atoms with van der Waals surface area (Å²) in [5.41, 5.74) is 3.41. The zero-order chi connectivity index (χ0) is 29.3. The van der Waals surface area contributed by atoms with Gasteiger partial charge in [0.2, 0.25) is 11.7 Å². The Morgan fingerprint density at radius 1 is 0.977 bits per heavy atom. The van der Waals surface area contributed by atoms with Crippen molar-refractivity contribution in [3.8, 4) is 5.75 Å². The highest BCUT2D eigenvalue weighted by Gasteiger charge is 2.26. The Balaban J connectivity index is 1.09. The number of hydrogen-bond acceptors (Lipinski definition) is 8. The van der Waals surface area contributed by atoms with E-state index in [4.69, 9.17) is 4.74 Å². The van der Waals surface area contributed by atoms with E-state index in [1.807, 2.05) is 47.4 Å². The fraction of sp³-hybridized carbons (Fsp3) is 0.375. The van der Waals surface area contributed by atoms with Crippen LogP contribution in [0.25, 0.3) is 16.0 Å². The summed E-state index contributed by atoms with van der Waals surface area (Å²) in [6.07, 6.45) is 4.64. The molecule has 0 N–H and O–H groups in total. The molecule has 3 aromatic heterocycles. The molecule has 7 rings (SSSR count). The first-order valence-corrected chi connectivity index (χ1v) is 16.7. The lowest BCUT2D eigenvalue weighted by Crippen LogP contribution is -2.48.